The van der Waals surface area contributed by atoms with E-state index in [-0.39, 0.29) is 24.3 Å². The molecule has 0 spiro atoms. The van der Waals surface area contributed by atoms with E-state index in [1.54, 1.807) is 47.7 Å². The fourth-order valence-electron chi connectivity index (χ4n) is 7.41. The van der Waals surface area contributed by atoms with Crippen LogP contribution >= 0.6 is 11.3 Å². The van der Waals surface area contributed by atoms with Crippen molar-refractivity contribution in [1.29, 1.82) is 0 Å². The van der Waals surface area contributed by atoms with Crippen LogP contribution in [0.2, 0.25) is 0 Å². The molecule has 0 saturated carbocycles. The average Bonchev–Trinajstić information content (AvgIpc) is 4.18. The fraction of sp³-hybridized carbons (Fsp3) is 0.102. The van der Waals surface area contributed by atoms with E-state index in [1.807, 2.05) is 82.2 Å². The highest BCUT2D eigenvalue weighted by Crippen LogP contribution is 2.40. The monoisotopic (exact) mass is 892 g/mol. The Balaban J connectivity index is 0.000000166. The summed E-state index contributed by atoms with van der Waals surface area (Å²) in [5.41, 5.74) is 5.73. The minimum atomic E-state index is -4.51. The van der Waals surface area contributed by atoms with E-state index in [0.717, 1.165) is 49.4 Å². The van der Waals surface area contributed by atoms with Gasteiger partial charge in [-0.3, -0.25) is 9.59 Å². The topological polar surface area (TPSA) is 162 Å². The summed E-state index contributed by atoms with van der Waals surface area (Å²) in [5, 5.41) is 30.0. The molecular weight excluding hydrogens is 858 g/mol. The number of hydrogen-bond acceptors (Lipinski definition) is 9. The predicted octanol–water partition coefficient (Wildman–Crippen LogP) is 12.1. The number of rotatable bonds is 12. The first-order valence-electron chi connectivity index (χ1n) is 20.2. The number of aliphatic carboxylic acids is 2. The van der Waals surface area contributed by atoms with Crippen molar-refractivity contribution in [2.45, 2.75) is 32.1 Å². The molecular formula is C49H35F3N6O6S. The van der Waals surface area contributed by atoms with Crippen LogP contribution in [0.4, 0.5) is 13.2 Å². The summed E-state index contributed by atoms with van der Waals surface area (Å²) in [6.07, 6.45) is -0.703. The van der Waals surface area contributed by atoms with E-state index in [9.17, 15) is 22.8 Å². The second-order valence-electron chi connectivity index (χ2n) is 14.9. The summed E-state index contributed by atoms with van der Waals surface area (Å²) in [5.74, 6) is -0.263. The highest BCUT2D eigenvalue weighted by Gasteiger charge is 2.34. The molecule has 0 aliphatic carbocycles. The Bertz CT molecular complexity index is 3300. The second kappa shape index (κ2) is 17.9. The molecule has 10 aromatic rings. The Hall–Kier alpha value is -8.11. The van der Waals surface area contributed by atoms with Crippen LogP contribution in [0.5, 0.6) is 0 Å². The van der Waals surface area contributed by atoms with Crippen molar-refractivity contribution in [2.24, 2.45) is 0 Å². The first-order chi connectivity index (χ1) is 31.5. The molecule has 0 aliphatic heterocycles. The summed E-state index contributed by atoms with van der Waals surface area (Å²) >= 11 is 1.57. The lowest BCUT2D eigenvalue weighted by Crippen LogP contribution is -2.07. The molecule has 12 nitrogen and oxygen atoms in total. The molecule has 0 atom stereocenters. The summed E-state index contributed by atoms with van der Waals surface area (Å²) in [6, 6.07) is 39.5. The Labute approximate surface area is 371 Å². The third kappa shape index (κ3) is 9.33. The van der Waals surface area contributed by atoms with Crippen molar-refractivity contribution in [3.63, 3.8) is 0 Å². The Morgan fingerprint density at radius 2 is 1.09 bits per heavy atom. The number of carboxylic acids is 2. The van der Waals surface area contributed by atoms with Gasteiger partial charge in [0, 0.05) is 64.0 Å². The van der Waals surface area contributed by atoms with Crippen LogP contribution in [0.3, 0.4) is 0 Å². The molecule has 0 aliphatic rings. The van der Waals surface area contributed by atoms with E-state index in [1.165, 1.54) is 12.1 Å². The van der Waals surface area contributed by atoms with Crippen molar-refractivity contribution < 1.29 is 42.0 Å². The molecule has 5 heterocycles. The number of nitrogens with zero attached hydrogens (tertiary/aromatic N) is 6. The molecule has 0 radical (unpaired) electrons. The van der Waals surface area contributed by atoms with Crippen molar-refractivity contribution in [3.05, 3.63) is 157 Å². The quantitative estimate of drug-likeness (QED) is 0.121. The lowest BCUT2D eigenvalue weighted by atomic mass is 9.97. The van der Waals surface area contributed by atoms with Crippen LogP contribution in [0.25, 0.3) is 89.1 Å². The summed E-state index contributed by atoms with van der Waals surface area (Å²) < 4.78 is 55.6. The Morgan fingerprint density at radius 3 is 1.65 bits per heavy atom. The zero-order valence-corrected chi connectivity index (χ0v) is 34.8. The Morgan fingerprint density at radius 1 is 0.569 bits per heavy atom. The molecule has 0 amide bonds. The molecule has 0 bridgehead atoms. The predicted molar refractivity (Wildman–Crippen MR) is 240 cm³/mol. The van der Waals surface area contributed by atoms with Crippen LogP contribution < -0.4 is 0 Å². The van der Waals surface area contributed by atoms with Gasteiger partial charge < -0.3 is 28.4 Å². The minimum Gasteiger partial charge on any atom is -0.481 e. The maximum absolute atomic E-state index is 13.6. The summed E-state index contributed by atoms with van der Waals surface area (Å²) in [7, 11) is 0. The van der Waals surface area contributed by atoms with Crippen molar-refractivity contribution in [1.82, 2.24) is 29.4 Å². The molecule has 5 aromatic heterocycles. The second-order valence-corrected chi connectivity index (χ2v) is 15.8. The third-order valence-electron chi connectivity index (χ3n) is 10.6. The lowest BCUT2D eigenvalue weighted by molar-refractivity contribution is -0.138. The van der Waals surface area contributed by atoms with Gasteiger partial charge in [-0.2, -0.15) is 23.1 Å². The number of halogens is 3. The van der Waals surface area contributed by atoms with Gasteiger partial charge in [0.05, 0.1) is 23.3 Å². The van der Waals surface area contributed by atoms with Crippen molar-refractivity contribution >= 4 is 45.1 Å². The number of carbonyl (C=O) groups is 2. The van der Waals surface area contributed by atoms with E-state index >= 15 is 0 Å². The van der Waals surface area contributed by atoms with Gasteiger partial charge in [0.2, 0.25) is 11.6 Å². The molecule has 0 saturated heterocycles. The zero-order chi connectivity index (χ0) is 45.1. The number of fused-ring (bicyclic) bond motifs is 2. The van der Waals surface area contributed by atoms with E-state index in [4.69, 9.17) is 19.3 Å². The number of aromatic nitrogens is 6. The summed E-state index contributed by atoms with van der Waals surface area (Å²) in [4.78, 5) is 31.6. The van der Waals surface area contributed by atoms with Gasteiger partial charge in [-0.1, -0.05) is 71.0 Å². The fourth-order valence-corrected chi connectivity index (χ4v) is 8.25. The minimum absolute atomic E-state index is 0.0117. The zero-order valence-electron chi connectivity index (χ0n) is 34.0. The number of hydrogen-bond donors (Lipinski definition) is 2. The number of benzene rings is 5. The number of aryl methyl sites for hydroxylation is 2. The SMILES string of the molecule is O=C(O)CCn1ccc2cc(-c3noc(-c4cc(-c5ccccc5)cs4)n3)ccc21.O=C(O)CCn1ccc2cc(-c3noc(-c4ccc(C(F)(F)F)c(-c5ccccc5)c4)n3)ccc21. The van der Waals surface area contributed by atoms with Gasteiger partial charge in [0.15, 0.2) is 0 Å². The van der Waals surface area contributed by atoms with Crippen LogP contribution in [-0.4, -0.2) is 51.6 Å². The third-order valence-corrected chi connectivity index (χ3v) is 11.5. The van der Waals surface area contributed by atoms with Gasteiger partial charge in [-0.15, -0.1) is 11.3 Å². The molecule has 65 heavy (non-hydrogen) atoms. The number of carboxylic acid groups (broad SMARTS) is 2. The largest absolute Gasteiger partial charge is 0.481 e. The maximum atomic E-state index is 13.6. The number of alkyl halides is 3. The standard InChI is InChI=1S/C26H18F3N3O3.C23H17N3O3S/c27-26(28,29)21-8-6-19(15-20(21)16-4-2-1-3-5-16)25-30-24(31-35-25)18-7-9-22-17(14-18)10-12-32(22)13-11-23(33)34;27-21(28)9-11-26-10-8-16-12-17(6-7-19(16)26)22-24-23(29-25-22)20-13-18(14-30-20)15-4-2-1-3-5-15/h1-10,12,14-15H,11,13H2,(H,33,34);1-8,10,12-14H,9,11H2,(H,27,28). The van der Waals surface area contributed by atoms with Crippen molar-refractivity contribution in [2.75, 3.05) is 0 Å². The molecule has 0 fully saturated rings. The van der Waals surface area contributed by atoms with Gasteiger partial charge in [-0.25, -0.2) is 0 Å². The summed E-state index contributed by atoms with van der Waals surface area (Å²) in [6.45, 7) is 0.787. The van der Waals surface area contributed by atoms with E-state index in [0.29, 0.717) is 47.3 Å². The van der Waals surface area contributed by atoms with Gasteiger partial charge in [-0.05, 0) is 100 Å². The highest BCUT2D eigenvalue weighted by atomic mass is 32.1. The van der Waals surface area contributed by atoms with E-state index < -0.39 is 23.7 Å². The van der Waals surface area contributed by atoms with Gasteiger partial charge >= 0.3 is 18.1 Å². The molecule has 0 unspecified atom stereocenters. The van der Waals surface area contributed by atoms with Crippen LogP contribution in [0, 0.1) is 0 Å². The first kappa shape index (κ1) is 42.2. The smallest absolute Gasteiger partial charge is 0.417 e. The normalized spacial score (nSPS) is 11.5. The first-order valence-corrected chi connectivity index (χ1v) is 21.1. The molecule has 2 N–H and O–H groups in total. The van der Waals surface area contributed by atoms with Crippen LogP contribution in [-0.2, 0) is 28.9 Å². The molecule has 10 rings (SSSR count). The molecule has 5 aromatic carbocycles. The Kier molecular flexibility index (Phi) is 11.6. The van der Waals surface area contributed by atoms with Crippen LogP contribution in [0.1, 0.15) is 18.4 Å². The van der Waals surface area contributed by atoms with Crippen molar-refractivity contribution in [3.8, 4) is 67.3 Å². The maximum Gasteiger partial charge on any atom is 0.417 e. The molecule has 16 heteroatoms. The highest BCUT2D eigenvalue weighted by molar-refractivity contribution is 7.13. The number of thiophene rings is 1. The lowest BCUT2D eigenvalue weighted by Gasteiger charge is -2.13. The van der Waals surface area contributed by atoms with Gasteiger partial charge in [0.1, 0.15) is 0 Å². The van der Waals surface area contributed by atoms with Gasteiger partial charge in [0.25, 0.3) is 11.8 Å². The van der Waals surface area contributed by atoms with Crippen LogP contribution in [0.15, 0.2) is 160 Å². The average molecular weight is 893 g/mol. The van der Waals surface area contributed by atoms with E-state index in [2.05, 4.69) is 43.9 Å². The molecule has 324 valence electrons.